The van der Waals surface area contributed by atoms with Gasteiger partial charge in [0.1, 0.15) is 13.2 Å². The van der Waals surface area contributed by atoms with E-state index in [4.69, 9.17) is 14.2 Å². The number of ether oxygens (including phenoxy) is 3. The lowest BCUT2D eigenvalue weighted by Crippen LogP contribution is -2.30. The normalized spacial score (nSPS) is 13.0. The fourth-order valence-corrected chi connectivity index (χ4v) is 8.79. The molecule has 0 amide bonds. The van der Waals surface area contributed by atoms with Gasteiger partial charge in [-0.3, -0.25) is 14.4 Å². The fraction of sp³-hybridized carbons (Fsp3) is 0.658. The molecule has 0 aliphatic heterocycles. The molecule has 0 radical (unpaired) electrons. The van der Waals surface area contributed by atoms with E-state index in [0.717, 1.165) is 161 Å². The van der Waals surface area contributed by atoms with Crippen molar-refractivity contribution in [2.24, 2.45) is 0 Å². The highest BCUT2D eigenvalue weighted by Crippen LogP contribution is 2.15. The molecule has 0 N–H and O–H groups in total. The molecule has 1 atom stereocenters. The van der Waals surface area contributed by atoms with E-state index < -0.39 is 6.10 Å². The number of hydrogen-bond donors (Lipinski definition) is 0. The van der Waals surface area contributed by atoms with Crippen LogP contribution in [0.4, 0.5) is 0 Å². The molecule has 448 valence electrons. The Kier molecular flexibility index (Phi) is 62.3. The first-order chi connectivity index (χ1) is 39.0. The zero-order valence-corrected chi connectivity index (χ0v) is 51.3. The third-order valence-corrected chi connectivity index (χ3v) is 13.6. The van der Waals surface area contributed by atoms with E-state index in [2.05, 4.69) is 154 Å². The van der Waals surface area contributed by atoms with E-state index in [0.29, 0.717) is 19.3 Å². The Morgan fingerprint density at radius 3 is 0.772 bits per heavy atom. The molecular weight excluding hydrogens is 973 g/mol. The summed E-state index contributed by atoms with van der Waals surface area (Å²) in [4.78, 5) is 38.4. The van der Waals surface area contributed by atoms with Gasteiger partial charge in [0.2, 0.25) is 0 Å². The topological polar surface area (TPSA) is 78.9 Å². The maximum Gasteiger partial charge on any atom is 0.306 e. The van der Waals surface area contributed by atoms with Crippen LogP contribution in [0.3, 0.4) is 0 Å². The van der Waals surface area contributed by atoms with Crippen LogP contribution in [-0.4, -0.2) is 37.2 Å². The molecule has 0 bridgehead atoms. The van der Waals surface area contributed by atoms with Gasteiger partial charge in [0.15, 0.2) is 6.10 Å². The van der Waals surface area contributed by atoms with Crippen molar-refractivity contribution < 1.29 is 28.6 Å². The van der Waals surface area contributed by atoms with Crippen LogP contribution in [-0.2, 0) is 28.6 Å². The first-order valence-corrected chi connectivity index (χ1v) is 32.7. The number of hydrogen-bond acceptors (Lipinski definition) is 6. The first-order valence-electron chi connectivity index (χ1n) is 32.7. The van der Waals surface area contributed by atoms with Crippen LogP contribution in [0.15, 0.2) is 134 Å². The molecule has 0 aromatic heterocycles. The Bertz CT molecular complexity index is 1680. The van der Waals surface area contributed by atoms with Crippen molar-refractivity contribution in [3.63, 3.8) is 0 Å². The van der Waals surface area contributed by atoms with Gasteiger partial charge in [-0.05, 0) is 135 Å². The van der Waals surface area contributed by atoms with Crippen LogP contribution in [0.5, 0.6) is 0 Å². The minimum Gasteiger partial charge on any atom is -0.462 e. The molecule has 0 saturated carbocycles. The van der Waals surface area contributed by atoms with Gasteiger partial charge < -0.3 is 14.2 Å². The van der Waals surface area contributed by atoms with Crippen molar-refractivity contribution in [3.8, 4) is 0 Å². The van der Waals surface area contributed by atoms with Crippen LogP contribution < -0.4 is 0 Å². The molecule has 1 unspecified atom stereocenters. The standard InChI is InChI=1S/C73H120O6/c1-4-7-10-13-16-19-22-25-28-30-32-34-35-36-37-39-40-42-45-48-51-54-57-60-63-66-72(75)78-69-70(68-77-71(74)65-62-59-56-53-50-47-44-27-24-21-18-15-12-9-6-3)79-73(76)67-64-61-58-55-52-49-46-43-41-38-33-31-29-26-23-20-17-14-11-8-5-2/h7-8,10-11,16-21,25-29,32-34,38,43-44,46,70H,4-6,9,12-15,22-24,30-31,35-37,39-42,45,47-69H2,1-3H3/b10-7-,11-8-,19-16-,20-17-,21-18-,28-25-,29-26-,34-32-,38-33-,44-27-,46-43-. The maximum atomic E-state index is 12.9. The summed E-state index contributed by atoms with van der Waals surface area (Å²) < 4.78 is 16.9. The molecule has 6 nitrogen and oxygen atoms in total. The second-order valence-electron chi connectivity index (χ2n) is 21.3. The molecule has 0 spiro atoms. The number of rotatable bonds is 58. The molecule has 0 saturated heterocycles. The van der Waals surface area contributed by atoms with Crippen LogP contribution in [0, 0.1) is 0 Å². The Labute approximate surface area is 487 Å². The molecule has 0 heterocycles. The molecule has 0 rings (SSSR count). The molecule has 79 heavy (non-hydrogen) atoms. The van der Waals surface area contributed by atoms with Crippen molar-refractivity contribution in [1.82, 2.24) is 0 Å². The SMILES string of the molecule is CC/C=C\C/C=C\C/C=C\C/C=C\C/C=C\CCCCCCCC(=O)OC(COC(=O)CCCCCCC/C=C\C/C=C\CCCCC)COC(=O)CCCCCCCCCCCCCC/C=C\C/C=C\C/C=C\C/C=C\CC. The molecule has 0 aliphatic carbocycles. The van der Waals surface area contributed by atoms with Crippen LogP contribution >= 0.6 is 0 Å². The summed E-state index contributed by atoms with van der Waals surface area (Å²) in [5.74, 6) is -0.925. The zero-order chi connectivity index (χ0) is 57.1. The highest BCUT2D eigenvalue weighted by Gasteiger charge is 2.19. The third kappa shape index (κ3) is 64.3. The number of carbonyl (C=O) groups excluding carboxylic acids is 3. The molecule has 6 heteroatoms. The summed E-state index contributed by atoms with van der Waals surface area (Å²) in [5, 5.41) is 0. The zero-order valence-electron chi connectivity index (χ0n) is 51.3. The lowest BCUT2D eigenvalue weighted by Gasteiger charge is -2.18. The summed E-state index contributed by atoms with van der Waals surface area (Å²) >= 11 is 0. The van der Waals surface area contributed by atoms with Gasteiger partial charge in [-0.15, -0.1) is 0 Å². The molecule has 0 aromatic carbocycles. The lowest BCUT2D eigenvalue weighted by atomic mass is 10.0. The minimum absolute atomic E-state index is 0.0946. The predicted molar refractivity (Wildman–Crippen MR) is 343 cm³/mol. The molecule has 0 aliphatic rings. The van der Waals surface area contributed by atoms with Crippen LogP contribution in [0.25, 0.3) is 0 Å². The summed E-state index contributed by atoms with van der Waals surface area (Å²) in [6.07, 6.45) is 93.1. The summed E-state index contributed by atoms with van der Waals surface area (Å²) in [7, 11) is 0. The smallest absolute Gasteiger partial charge is 0.306 e. The van der Waals surface area contributed by atoms with Crippen molar-refractivity contribution in [3.05, 3.63) is 134 Å². The largest absolute Gasteiger partial charge is 0.462 e. The van der Waals surface area contributed by atoms with Crippen molar-refractivity contribution in [2.75, 3.05) is 13.2 Å². The van der Waals surface area contributed by atoms with Gasteiger partial charge in [-0.2, -0.15) is 0 Å². The monoisotopic (exact) mass is 1090 g/mol. The van der Waals surface area contributed by atoms with E-state index >= 15 is 0 Å². The number of carbonyl (C=O) groups is 3. The van der Waals surface area contributed by atoms with Crippen LogP contribution in [0.1, 0.15) is 290 Å². The number of esters is 3. The predicted octanol–water partition coefficient (Wildman–Crippen LogP) is 22.5. The average molecular weight is 1090 g/mol. The summed E-state index contributed by atoms with van der Waals surface area (Å²) in [5.41, 5.74) is 0. The molecule has 0 fully saturated rings. The Hall–Kier alpha value is -4.45. The average Bonchev–Trinajstić information content (AvgIpc) is 3.45. The Morgan fingerprint density at radius 2 is 0.494 bits per heavy atom. The highest BCUT2D eigenvalue weighted by atomic mass is 16.6. The van der Waals surface area contributed by atoms with Crippen molar-refractivity contribution in [2.45, 2.75) is 297 Å². The van der Waals surface area contributed by atoms with Crippen molar-refractivity contribution in [1.29, 1.82) is 0 Å². The van der Waals surface area contributed by atoms with Crippen molar-refractivity contribution >= 4 is 17.9 Å². The summed E-state index contributed by atoms with van der Waals surface area (Å²) in [6.45, 7) is 6.37. The molecular formula is C73H120O6. The number of unbranched alkanes of at least 4 members (excludes halogenated alkanes) is 25. The quantitative estimate of drug-likeness (QED) is 0.0261. The number of allylic oxidation sites excluding steroid dienone is 22. The highest BCUT2D eigenvalue weighted by molar-refractivity contribution is 5.71. The van der Waals surface area contributed by atoms with E-state index in [9.17, 15) is 14.4 Å². The van der Waals surface area contributed by atoms with E-state index in [-0.39, 0.29) is 31.1 Å². The Balaban J connectivity index is 4.41. The second kappa shape index (κ2) is 66.1. The van der Waals surface area contributed by atoms with Gasteiger partial charge in [0, 0.05) is 19.3 Å². The third-order valence-electron chi connectivity index (χ3n) is 13.6. The van der Waals surface area contributed by atoms with Gasteiger partial charge in [-0.1, -0.05) is 270 Å². The maximum absolute atomic E-state index is 12.9. The van der Waals surface area contributed by atoms with Gasteiger partial charge in [0.25, 0.3) is 0 Å². The minimum atomic E-state index is -0.801. The van der Waals surface area contributed by atoms with Crippen LogP contribution in [0.2, 0.25) is 0 Å². The second-order valence-corrected chi connectivity index (χ2v) is 21.3. The van der Waals surface area contributed by atoms with E-state index in [1.54, 1.807) is 0 Å². The first kappa shape index (κ1) is 74.5. The van der Waals surface area contributed by atoms with Gasteiger partial charge >= 0.3 is 17.9 Å². The fourth-order valence-electron chi connectivity index (χ4n) is 8.79. The molecule has 0 aromatic rings. The van der Waals surface area contributed by atoms with E-state index in [1.807, 2.05) is 0 Å². The van der Waals surface area contributed by atoms with Gasteiger partial charge in [-0.25, -0.2) is 0 Å². The van der Waals surface area contributed by atoms with Gasteiger partial charge in [0.05, 0.1) is 0 Å². The summed E-state index contributed by atoms with van der Waals surface area (Å²) in [6, 6.07) is 0. The van der Waals surface area contributed by atoms with E-state index in [1.165, 1.54) is 89.9 Å². The lowest BCUT2D eigenvalue weighted by molar-refractivity contribution is -0.167. The Morgan fingerprint density at radius 1 is 0.266 bits per heavy atom.